The van der Waals surface area contributed by atoms with E-state index in [9.17, 15) is 0 Å². The molecule has 0 unspecified atom stereocenters. The lowest BCUT2D eigenvalue weighted by Gasteiger charge is -2.11. The summed E-state index contributed by atoms with van der Waals surface area (Å²) in [4.78, 5) is 0. The van der Waals surface area contributed by atoms with Crippen molar-refractivity contribution in [3.8, 4) is 22.5 Å². The molecule has 8 rings (SSSR count). The number of benzene rings is 6. The standard InChI is InChI=1S/C42H32N2/c1-3-4-14-29(2)31-17-12-19-33(27-31)43-37-23-10-8-21-35(37)41-39(43)25-26-40-42(41)36-22-9-11-24-38(36)44(40)34-20-13-18-32(28-34)30-15-6-5-7-16-30/h3-28H,1-2H3. The molecule has 0 aliphatic rings. The van der Waals surface area contributed by atoms with Crippen molar-refractivity contribution in [2.24, 2.45) is 0 Å². The van der Waals surface area contributed by atoms with Crippen LogP contribution in [0.3, 0.4) is 0 Å². The lowest BCUT2D eigenvalue weighted by molar-refractivity contribution is 1.17. The van der Waals surface area contributed by atoms with Gasteiger partial charge in [-0.1, -0.05) is 109 Å². The van der Waals surface area contributed by atoms with Crippen molar-refractivity contribution in [2.75, 3.05) is 0 Å². The zero-order valence-electron chi connectivity index (χ0n) is 24.9. The summed E-state index contributed by atoms with van der Waals surface area (Å²) in [5, 5.41) is 5.11. The quantitative estimate of drug-likeness (QED) is 0.184. The highest BCUT2D eigenvalue weighted by atomic mass is 15.0. The maximum atomic E-state index is 2.43. The predicted molar refractivity (Wildman–Crippen MR) is 189 cm³/mol. The average molecular weight is 565 g/mol. The lowest BCUT2D eigenvalue weighted by Crippen LogP contribution is -1.96. The molecular weight excluding hydrogens is 532 g/mol. The van der Waals surface area contributed by atoms with Gasteiger partial charge in [0.25, 0.3) is 0 Å². The topological polar surface area (TPSA) is 9.86 Å². The lowest BCUT2D eigenvalue weighted by atomic mass is 10.0. The first-order valence-electron chi connectivity index (χ1n) is 15.2. The van der Waals surface area contributed by atoms with Crippen LogP contribution in [0.25, 0.3) is 71.7 Å². The summed E-state index contributed by atoms with van der Waals surface area (Å²) in [6.07, 6.45) is 6.35. The van der Waals surface area contributed by atoms with Crippen LogP contribution in [0.4, 0.5) is 0 Å². The smallest absolute Gasteiger partial charge is 0.0548 e. The Morgan fingerprint density at radius 3 is 1.68 bits per heavy atom. The fraction of sp³-hybridized carbons (Fsp3) is 0.0476. The molecule has 44 heavy (non-hydrogen) atoms. The molecule has 0 fully saturated rings. The van der Waals surface area contributed by atoms with Gasteiger partial charge in [0.15, 0.2) is 0 Å². The van der Waals surface area contributed by atoms with Crippen LogP contribution in [0.2, 0.25) is 0 Å². The monoisotopic (exact) mass is 564 g/mol. The van der Waals surface area contributed by atoms with Gasteiger partial charge in [-0.15, -0.1) is 0 Å². The molecule has 0 aliphatic carbocycles. The van der Waals surface area contributed by atoms with Crippen molar-refractivity contribution >= 4 is 49.2 Å². The molecule has 2 aromatic heterocycles. The number of nitrogens with zero attached hydrogens (tertiary/aromatic N) is 2. The Bertz CT molecular complexity index is 2400. The fourth-order valence-corrected chi connectivity index (χ4v) is 6.76. The van der Waals surface area contributed by atoms with Crippen LogP contribution in [0.1, 0.15) is 19.4 Å². The first-order valence-corrected chi connectivity index (χ1v) is 15.2. The van der Waals surface area contributed by atoms with Crippen LogP contribution in [0, 0.1) is 0 Å². The largest absolute Gasteiger partial charge is 0.309 e. The van der Waals surface area contributed by atoms with Crippen LogP contribution < -0.4 is 0 Å². The molecule has 0 bridgehead atoms. The van der Waals surface area contributed by atoms with Gasteiger partial charge in [-0.3, -0.25) is 0 Å². The minimum absolute atomic E-state index is 1.16. The van der Waals surface area contributed by atoms with E-state index < -0.39 is 0 Å². The molecule has 2 nitrogen and oxygen atoms in total. The number of aromatic nitrogens is 2. The van der Waals surface area contributed by atoms with Crippen molar-refractivity contribution in [3.05, 3.63) is 163 Å². The molecule has 2 heteroatoms. The minimum atomic E-state index is 1.16. The van der Waals surface area contributed by atoms with Crippen molar-refractivity contribution in [1.82, 2.24) is 9.13 Å². The van der Waals surface area contributed by atoms with Crippen molar-refractivity contribution < 1.29 is 0 Å². The highest BCUT2D eigenvalue weighted by Crippen LogP contribution is 2.42. The maximum Gasteiger partial charge on any atom is 0.0548 e. The maximum absolute atomic E-state index is 2.43. The van der Waals surface area contributed by atoms with Crippen LogP contribution in [-0.2, 0) is 0 Å². The van der Waals surface area contributed by atoms with E-state index in [1.165, 1.54) is 71.6 Å². The van der Waals surface area contributed by atoms with E-state index >= 15 is 0 Å². The Morgan fingerprint density at radius 1 is 0.500 bits per heavy atom. The van der Waals surface area contributed by atoms with Crippen molar-refractivity contribution in [3.63, 3.8) is 0 Å². The zero-order valence-corrected chi connectivity index (χ0v) is 24.9. The van der Waals surface area contributed by atoms with Crippen LogP contribution in [-0.4, -0.2) is 9.13 Å². The summed E-state index contributed by atoms with van der Waals surface area (Å²) < 4.78 is 4.86. The minimum Gasteiger partial charge on any atom is -0.309 e. The summed E-state index contributed by atoms with van der Waals surface area (Å²) in [6, 6.07) is 50.7. The molecule has 0 saturated heterocycles. The van der Waals surface area contributed by atoms with Gasteiger partial charge in [-0.25, -0.2) is 0 Å². The molecule has 6 aromatic carbocycles. The van der Waals surface area contributed by atoms with Crippen LogP contribution in [0.5, 0.6) is 0 Å². The molecule has 8 aromatic rings. The molecule has 0 N–H and O–H groups in total. The first-order chi connectivity index (χ1) is 21.7. The highest BCUT2D eigenvalue weighted by molar-refractivity contribution is 6.28. The Labute approximate surface area is 257 Å². The van der Waals surface area contributed by atoms with Gasteiger partial charge >= 0.3 is 0 Å². The number of fused-ring (bicyclic) bond motifs is 7. The zero-order chi connectivity index (χ0) is 29.6. The molecule has 0 radical (unpaired) electrons. The molecule has 2 heterocycles. The summed E-state index contributed by atoms with van der Waals surface area (Å²) in [5.41, 5.74) is 12.1. The van der Waals surface area contributed by atoms with Gasteiger partial charge in [0.05, 0.1) is 22.1 Å². The molecule has 0 spiro atoms. The third-order valence-electron chi connectivity index (χ3n) is 8.78. The number of hydrogen-bond acceptors (Lipinski definition) is 0. The van der Waals surface area contributed by atoms with Gasteiger partial charge < -0.3 is 9.13 Å². The first kappa shape index (κ1) is 26.1. The second-order valence-corrected chi connectivity index (χ2v) is 11.4. The second-order valence-electron chi connectivity index (χ2n) is 11.4. The number of hydrogen-bond donors (Lipinski definition) is 0. The van der Waals surface area contributed by atoms with Gasteiger partial charge in [0.2, 0.25) is 0 Å². The van der Waals surface area contributed by atoms with E-state index in [-0.39, 0.29) is 0 Å². The summed E-state index contributed by atoms with van der Waals surface area (Å²) in [7, 11) is 0. The summed E-state index contributed by atoms with van der Waals surface area (Å²) in [5.74, 6) is 0. The van der Waals surface area contributed by atoms with Crippen LogP contribution >= 0.6 is 0 Å². The van der Waals surface area contributed by atoms with E-state index in [4.69, 9.17) is 0 Å². The molecule has 0 saturated carbocycles. The molecule has 0 aliphatic heterocycles. The fourth-order valence-electron chi connectivity index (χ4n) is 6.76. The number of rotatable bonds is 5. The van der Waals surface area contributed by atoms with Gasteiger partial charge in [0.1, 0.15) is 0 Å². The average Bonchev–Trinajstić information content (AvgIpc) is 3.60. The summed E-state index contributed by atoms with van der Waals surface area (Å²) >= 11 is 0. The van der Waals surface area contributed by atoms with E-state index in [1.54, 1.807) is 0 Å². The van der Waals surface area contributed by atoms with Crippen molar-refractivity contribution in [1.29, 1.82) is 0 Å². The predicted octanol–water partition coefficient (Wildman–Crippen LogP) is 11.5. The molecule has 210 valence electrons. The third-order valence-corrected chi connectivity index (χ3v) is 8.78. The number of para-hydroxylation sites is 2. The third kappa shape index (κ3) is 4.11. The Kier molecular flexibility index (Phi) is 6.27. The Morgan fingerprint density at radius 2 is 1.05 bits per heavy atom. The normalized spacial score (nSPS) is 12.4. The SMILES string of the molecule is CC=CC=C(C)c1cccc(-n2c3ccccc3c3c4c5ccccc5n(-c5cccc(-c6ccccc6)c5)c4ccc32)c1. The second kappa shape index (κ2) is 10.6. The van der Waals surface area contributed by atoms with Crippen LogP contribution in [0.15, 0.2) is 158 Å². The van der Waals surface area contributed by atoms with E-state index in [1.807, 2.05) is 0 Å². The van der Waals surface area contributed by atoms with Gasteiger partial charge in [-0.2, -0.15) is 0 Å². The Balaban J connectivity index is 1.43. The van der Waals surface area contributed by atoms with E-state index in [2.05, 4.69) is 181 Å². The Hall–Kier alpha value is -5.60. The molecular formula is C42H32N2. The molecule has 0 atom stereocenters. The number of allylic oxidation sites excluding steroid dienone is 4. The molecule has 0 amide bonds. The van der Waals surface area contributed by atoms with Crippen molar-refractivity contribution in [2.45, 2.75) is 13.8 Å². The van der Waals surface area contributed by atoms with Gasteiger partial charge in [-0.05, 0) is 84.6 Å². The summed E-state index contributed by atoms with van der Waals surface area (Å²) in [6.45, 7) is 4.23. The van der Waals surface area contributed by atoms with E-state index in [0.717, 1.165) is 5.69 Å². The highest BCUT2D eigenvalue weighted by Gasteiger charge is 2.20. The van der Waals surface area contributed by atoms with E-state index in [0.29, 0.717) is 0 Å². The van der Waals surface area contributed by atoms with Gasteiger partial charge in [0, 0.05) is 32.9 Å².